The smallest absolute Gasteiger partial charge is 0.271 e. The first-order chi connectivity index (χ1) is 15.3. The number of amidine groups is 1. The molecule has 9 heteroatoms. The zero-order valence-electron chi connectivity index (χ0n) is 18.3. The van der Waals surface area contributed by atoms with E-state index in [0.29, 0.717) is 18.7 Å². The fourth-order valence-corrected chi connectivity index (χ4v) is 5.37. The largest absolute Gasteiger partial charge is 0.494 e. The summed E-state index contributed by atoms with van der Waals surface area (Å²) in [6.07, 6.45) is 0. The molecular weight excluding hydrogens is 428 g/mol. The van der Waals surface area contributed by atoms with E-state index in [2.05, 4.69) is 10.4 Å². The lowest BCUT2D eigenvalue weighted by Gasteiger charge is -2.29. The molecule has 0 fully saturated rings. The number of benzene rings is 2. The van der Waals surface area contributed by atoms with Gasteiger partial charge in [-0.1, -0.05) is 30.3 Å². The molecule has 0 aliphatic carbocycles. The van der Waals surface area contributed by atoms with Crippen molar-refractivity contribution in [3.63, 3.8) is 0 Å². The Hall–Kier alpha value is -3.33. The molecule has 2 heterocycles. The van der Waals surface area contributed by atoms with E-state index in [1.165, 1.54) is 18.9 Å². The molecule has 0 saturated heterocycles. The van der Waals surface area contributed by atoms with Crippen LogP contribution in [0, 0.1) is 6.92 Å². The summed E-state index contributed by atoms with van der Waals surface area (Å²) < 4.78 is 5.51. The summed E-state index contributed by atoms with van der Waals surface area (Å²) in [6, 6.07) is 13.2. The Morgan fingerprint density at radius 2 is 1.88 bits per heavy atom. The molecule has 0 bridgehead atoms. The van der Waals surface area contributed by atoms with Gasteiger partial charge in [0.1, 0.15) is 5.75 Å². The third kappa shape index (κ3) is 3.52. The Balaban J connectivity index is 1.77. The van der Waals surface area contributed by atoms with E-state index in [1.54, 1.807) is 4.90 Å². The van der Waals surface area contributed by atoms with Crippen molar-refractivity contribution in [3.8, 4) is 5.75 Å². The number of aryl methyl sites for hydroxylation is 1. The summed E-state index contributed by atoms with van der Waals surface area (Å²) in [5, 5.41) is 8.31. The standard InChI is InChI=1S/C23H24N4O4S/c1-5-31-18-11-9-17(10-12-18)13-26-20-14(2)7-6-8-19(20)23(21(26)30)27(16(4)29)25-22(32-23)24-15(3)28/h6-12H,5,13H2,1-4H3,(H,24,25,28)/t23-/m1/s1. The number of carbonyl (C=O) groups excluding carboxylic acids is 3. The van der Waals surface area contributed by atoms with Crippen LogP contribution in [0.25, 0.3) is 0 Å². The lowest BCUT2D eigenvalue weighted by molar-refractivity contribution is -0.139. The molecule has 4 rings (SSSR count). The number of nitrogens with zero attached hydrogens (tertiary/aromatic N) is 3. The van der Waals surface area contributed by atoms with Crippen LogP contribution in [0.2, 0.25) is 0 Å². The summed E-state index contributed by atoms with van der Waals surface area (Å²) in [5.41, 5.74) is 3.27. The molecule has 0 saturated carbocycles. The molecule has 1 N–H and O–H groups in total. The van der Waals surface area contributed by atoms with Gasteiger partial charge < -0.3 is 15.0 Å². The van der Waals surface area contributed by atoms with E-state index in [1.807, 2.05) is 56.3 Å². The number of hydrogen-bond acceptors (Lipinski definition) is 6. The van der Waals surface area contributed by atoms with Crippen LogP contribution in [0.3, 0.4) is 0 Å². The Morgan fingerprint density at radius 1 is 1.16 bits per heavy atom. The number of hydrogen-bond donors (Lipinski definition) is 1. The Labute approximate surface area is 190 Å². The average molecular weight is 453 g/mol. The summed E-state index contributed by atoms with van der Waals surface area (Å²) in [6.45, 7) is 7.48. The van der Waals surface area contributed by atoms with E-state index >= 15 is 0 Å². The van der Waals surface area contributed by atoms with Crippen LogP contribution in [-0.4, -0.2) is 34.5 Å². The van der Waals surface area contributed by atoms with Crippen molar-refractivity contribution in [2.24, 2.45) is 5.10 Å². The van der Waals surface area contributed by atoms with Crippen molar-refractivity contribution in [3.05, 3.63) is 59.2 Å². The molecule has 2 aliphatic rings. The van der Waals surface area contributed by atoms with Gasteiger partial charge in [-0.05, 0) is 48.9 Å². The number of carbonyl (C=O) groups is 3. The fraction of sp³-hybridized carbons (Fsp3) is 0.304. The fourth-order valence-electron chi connectivity index (χ4n) is 4.04. The molecule has 32 heavy (non-hydrogen) atoms. The van der Waals surface area contributed by atoms with Crippen molar-refractivity contribution in [2.75, 3.05) is 11.5 Å². The van der Waals surface area contributed by atoms with Crippen LogP contribution in [-0.2, 0) is 25.8 Å². The van der Waals surface area contributed by atoms with Crippen LogP contribution in [0.1, 0.15) is 37.5 Å². The highest BCUT2D eigenvalue weighted by molar-refractivity contribution is 8.15. The van der Waals surface area contributed by atoms with E-state index in [-0.39, 0.29) is 22.9 Å². The average Bonchev–Trinajstić information content (AvgIpc) is 3.22. The van der Waals surface area contributed by atoms with Crippen molar-refractivity contribution in [1.82, 2.24) is 10.3 Å². The highest BCUT2D eigenvalue weighted by Crippen LogP contribution is 2.55. The number of fused-ring (bicyclic) bond motifs is 2. The predicted octanol–water partition coefficient (Wildman–Crippen LogP) is 3.10. The summed E-state index contributed by atoms with van der Waals surface area (Å²) in [5.74, 6) is -0.223. The molecular formula is C23H24N4O4S. The van der Waals surface area contributed by atoms with Crippen molar-refractivity contribution in [1.29, 1.82) is 0 Å². The molecule has 2 aromatic rings. The number of ether oxygens (including phenoxy) is 1. The second kappa shape index (κ2) is 8.31. The number of para-hydroxylation sites is 1. The number of hydrazone groups is 1. The number of anilines is 1. The second-order valence-corrected chi connectivity index (χ2v) is 8.78. The monoisotopic (exact) mass is 452 g/mol. The third-order valence-corrected chi connectivity index (χ3v) is 6.54. The third-order valence-electron chi connectivity index (χ3n) is 5.30. The van der Waals surface area contributed by atoms with Crippen LogP contribution in [0.4, 0.5) is 5.69 Å². The maximum absolute atomic E-state index is 14.0. The van der Waals surface area contributed by atoms with Gasteiger partial charge in [-0.3, -0.25) is 14.4 Å². The number of rotatable bonds is 4. The normalized spacial score (nSPS) is 19.2. The van der Waals surface area contributed by atoms with E-state index in [4.69, 9.17) is 4.74 Å². The van der Waals surface area contributed by atoms with E-state index in [0.717, 1.165) is 34.3 Å². The number of amides is 3. The van der Waals surface area contributed by atoms with Crippen LogP contribution >= 0.6 is 11.8 Å². The molecule has 3 amide bonds. The maximum atomic E-state index is 14.0. The lowest BCUT2D eigenvalue weighted by Crippen LogP contribution is -2.48. The zero-order chi connectivity index (χ0) is 23.0. The van der Waals surface area contributed by atoms with Gasteiger partial charge in [0.25, 0.3) is 5.91 Å². The molecule has 0 aromatic heterocycles. The molecule has 2 aliphatic heterocycles. The van der Waals surface area contributed by atoms with E-state index in [9.17, 15) is 14.4 Å². The molecule has 2 aromatic carbocycles. The first-order valence-electron chi connectivity index (χ1n) is 10.3. The van der Waals surface area contributed by atoms with Crippen molar-refractivity contribution < 1.29 is 19.1 Å². The first kappa shape index (κ1) is 21.9. The molecule has 8 nitrogen and oxygen atoms in total. The van der Waals surface area contributed by atoms with Crippen LogP contribution in [0.5, 0.6) is 5.75 Å². The minimum absolute atomic E-state index is 0.219. The number of nitrogens with one attached hydrogen (secondary N) is 1. The van der Waals surface area contributed by atoms with Crippen molar-refractivity contribution >= 4 is 40.3 Å². The zero-order valence-corrected chi connectivity index (χ0v) is 19.2. The van der Waals surface area contributed by atoms with Gasteiger partial charge in [-0.25, -0.2) is 0 Å². The van der Waals surface area contributed by atoms with Crippen LogP contribution < -0.4 is 15.0 Å². The molecule has 1 atom stereocenters. The van der Waals surface area contributed by atoms with Crippen LogP contribution in [0.15, 0.2) is 47.6 Å². The molecule has 1 spiro atoms. The lowest BCUT2D eigenvalue weighted by atomic mass is 10.0. The van der Waals surface area contributed by atoms with Gasteiger partial charge in [-0.2, -0.15) is 5.01 Å². The molecule has 0 unspecified atom stereocenters. The Morgan fingerprint density at radius 3 is 2.50 bits per heavy atom. The Bertz CT molecular complexity index is 1130. The molecule has 166 valence electrons. The summed E-state index contributed by atoms with van der Waals surface area (Å²) >= 11 is 1.08. The predicted molar refractivity (Wildman–Crippen MR) is 123 cm³/mol. The van der Waals surface area contributed by atoms with Gasteiger partial charge in [-0.15, -0.1) is 5.10 Å². The quantitative estimate of drug-likeness (QED) is 0.770. The number of thioether (sulfide) groups is 1. The highest BCUT2D eigenvalue weighted by Gasteiger charge is 2.61. The van der Waals surface area contributed by atoms with Crippen molar-refractivity contribution in [2.45, 2.75) is 39.1 Å². The van der Waals surface area contributed by atoms with Gasteiger partial charge in [0.2, 0.25) is 16.7 Å². The van der Waals surface area contributed by atoms with Gasteiger partial charge in [0, 0.05) is 19.4 Å². The second-order valence-electron chi connectivity index (χ2n) is 7.60. The first-order valence-corrected chi connectivity index (χ1v) is 11.1. The van der Waals surface area contributed by atoms with E-state index < -0.39 is 4.87 Å². The summed E-state index contributed by atoms with van der Waals surface area (Å²) in [4.78, 5) is 38.4. The van der Waals surface area contributed by atoms with Gasteiger partial charge in [0.15, 0.2) is 5.17 Å². The topological polar surface area (TPSA) is 91.3 Å². The minimum Gasteiger partial charge on any atom is -0.494 e. The Kier molecular flexibility index (Phi) is 5.68. The minimum atomic E-state index is -1.39. The van der Waals surface area contributed by atoms with Gasteiger partial charge >= 0.3 is 0 Å². The maximum Gasteiger partial charge on any atom is 0.271 e. The highest BCUT2D eigenvalue weighted by atomic mass is 32.2. The van der Waals surface area contributed by atoms with Gasteiger partial charge in [0.05, 0.1) is 18.8 Å². The molecule has 0 radical (unpaired) electrons. The SMILES string of the molecule is CCOc1ccc(CN2C(=O)[C@]3(SC(NC(C)=O)=NN3C(C)=O)c3cccc(C)c32)cc1. The summed E-state index contributed by atoms with van der Waals surface area (Å²) in [7, 11) is 0.